The van der Waals surface area contributed by atoms with E-state index in [1.807, 2.05) is 0 Å². The average Bonchev–Trinajstić information content (AvgIpc) is 2.01. The summed E-state index contributed by atoms with van der Waals surface area (Å²) < 4.78 is 37.0. The second-order valence-electron chi connectivity index (χ2n) is 2.66. The molecule has 70 valence electrons. The summed E-state index contributed by atoms with van der Waals surface area (Å²) in [6.45, 7) is 1.36. The fraction of sp³-hybridized carbons (Fsp3) is 0.375. The minimum absolute atomic E-state index is 0.321. The van der Waals surface area contributed by atoms with E-state index in [0.717, 1.165) is 6.08 Å². The van der Waals surface area contributed by atoms with E-state index in [2.05, 4.69) is 5.32 Å². The maximum atomic E-state index is 12.3. The predicted octanol–water partition coefficient (Wildman–Crippen LogP) is 1.87. The van der Waals surface area contributed by atoms with Gasteiger partial charge in [-0.1, -0.05) is 0 Å². The third-order valence-electron chi connectivity index (χ3n) is 1.75. The number of hydrogen-bond acceptors (Lipinski definition) is 2. The van der Waals surface area contributed by atoms with E-state index in [9.17, 15) is 13.2 Å². The topological polar surface area (TPSA) is 35.8 Å². The third-order valence-corrected chi connectivity index (χ3v) is 1.75. The summed E-state index contributed by atoms with van der Waals surface area (Å²) in [5, 5.41) is 10.9. The molecule has 0 amide bonds. The van der Waals surface area contributed by atoms with E-state index in [1.54, 1.807) is 0 Å². The van der Waals surface area contributed by atoms with Gasteiger partial charge in [-0.05, 0) is 19.2 Å². The molecular weight excluding hydrogens is 181 g/mol. The molecule has 1 atom stereocenters. The van der Waals surface area contributed by atoms with Crippen molar-refractivity contribution in [3.63, 3.8) is 0 Å². The summed E-state index contributed by atoms with van der Waals surface area (Å²) >= 11 is 0. The Hall–Kier alpha value is -1.44. The van der Waals surface area contributed by atoms with Crippen molar-refractivity contribution >= 4 is 0 Å². The van der Waals surface area contributed by atoms with E-state index in [0.29, 0.717) is 0 Å². The first-order valence-electron chi connectivity index (χ1n) is 3.61. The molecule has 1 unspecified atom stereocenters. The van der Waals surface area contributed by atoms with Crippen molar-refractivity contribution in [2.45, 2.75) is 19.1 Å². The van der Waals surface area contributed by atoms with Crippen molar-refractivity contribution in [1.82, 2.24) is 5.32 Å². The molecule has 0 radical (unpaired) electrons. The number of halogens is 3. The molecule has 1 N–H and O–H groups in total. The van der Waals surface area contributed by atoms with Crippen molar-refractivity contribution in [2.75, 3.05) is 0 Å². The van der Waals surface area contributed by atoms with Crippen LogP contribution >= 0.6 is 0 Å². The fourth-order valence-electron chi connectivity index (χ4n) is 1.18. The number of nitrogens with zero attached hydrogens (tertiary/aromatic N) is 1. The Morgan fingerprint density at radius 3 is 2.54 bits per heavy atom. The van der Waals surface area contributed by atoms with E-state index >= 15 is 0 Å². The predicted molar refractivity (Wildman–Crippen MR) is 40.4 cm³/mol. The Bertz CT molecular complexity index is 306. The molecule has 0 aliphatic carbocycles. The van der Waals surface area contributed by atoms with Crippen molar-refractivity contribution in [2.24, 2.45) is 0 Å². The van der Waals surface area contributed by atoms with Gasteiger partial charge in [-0.2, -0.15) is 18.4 Å². The molecular formula is C8H7F3N2. The summed E-state index contributed by atoms with van der Waals surface area (Å²) in [5.41, 5.74) is -1.13. The lowest BCUT2D eigenvalue weighted by Gasteiger charge is -2.22. The Labute approximate surface area is 73.3 Å². The van der Waals surface area contributed by atoms with Crippen LogP contribution in [0.15, 0.2) is 23.4 Å². The minimum Gasteiger partial charge on any atom is -0.384 e. The molecule has 5 heteroatoms. The number of allylic oxidation sites excluding steroid dienone is 2. The number of hydrogen-bond donors (Lipinski definition) is 1. The Morgan fingerprint density at radius 1 is 1.54 bits per heavy atom. The lowest BCUT2D eigenvalue weighted by molar-refractivity contribution is -0.0964. The number of nitrogens with one attached hydrogen (secondary N) is 1. The van der Waals surface area contributed by atoms with Gasteiger partial charge in [-0.3, -0.25) is 0 Å². The zero-order valence-corrected chi connectivity index (χ0v) is 6.81. The van der Waals surface area contributed by atoms with Gasteiger partial charge in [0.2, 0.25) is 0 Å². The first-order valence-corrected chi connectivity index (χ1v) is 3.61. The molecule has 0 aromatic heterocycles. The van der Waals surface area contributed by atoms with Crippen LogP contribution in [0.5, 0.6) is 0 Å². The highest BCUT2D eigenvalue weighted by Gasteiger charge is 2.40. The lowest BCUT2D eigenvalue weighted by atomic mass is 9.99. The number of alkyl halides is 3. The molecule has 0 saturated carbocycles. The second-order valence-corrected chi connectivity index (χ2v) is 2.66. The molecule has 13 heavy (non-hydrogen) atoms. The Balaban J connectivity index is 3.19. The zero-order chi connectivity index (χ0) is 10.1. The van der Waals surface area contributed by atoms with Gasteiger partial charge in [0.1, 0.15) is 0 Å². The van der Waals surface area contributed by atoms with Crippen molar-refractivity contribution < 1.29 is 13.2 Å². The minimum atomic E-state index is -4.44. The summed E-state index contributed by atoms with van der Waals surface area (Å²) in [6.07, 6.45) is -1.97. The highest BCUT2D eigenvalue weighted by Crippen LogP contribution is 2.32. The highest BCUT2D eigenvalue weighted by atomic mass is 19.4. The number of rotatable bonds is 0. The van der Waals surface area contributed by atoms with Gasteiger partial charge >= 0.3 is 6.18 Å². The summed E-state index contributed by atoms with van der Waals surface area (Å²) in [6, 6.07) is 0.662. The van der Waals surface area contributed by atoms with Gasteiger partial charge < -0.3 is 5.32 Å². The molecule has 0 bridgehead atoms. The molecule has 0 saturated heterocycles. The van der Waals surface area contributed by atoms with Crippen LogP contribution in [0.25, 0.3) is 0 Å². The molecule has 1 aliphatic rings. The van der Waals surface area contributed by atoms with Crippen LogP contribution in [0.4, 0.5) is 13.2 Å². The molecule has 0 fully saturated rings. The fourth-order valence-corrected chi connectivity index (χ4v) is 1.18. The summed E-state index contributed by atoms with van der Waals surface area (Å²) in [4.78, 5) is 0. The van der Waals surface area contributed by atoms with Gasteiger partial charge in [0.25, 0.3) is 0 Å². The van der Waals surface area contributed by atoms with Gasteiger partial charge in [-0.15, -0.1) is 0 Å². The Kier molecular flexibility index (Phi) is 2.32. The van der Waals surface area contributed by atoms with E-state index in [-0.39, 0.29) is 5.57 Å². The SMILES string of the molecule is CC1NC=CC(C#N)=C1C(F)(F)F. The average molecular weight is 188 g/mol. The van der Waals surface area contributed by atoms with E-state index < -0.39 is 17.8 Å². The zero-order valence-electron chi connectivity index (χ0n) is 6.81. The molecule has 1 aliphatic heterocycles. The van der Waals surface area contributed by atoms with Gasteiger partial charge in [0, 0.05) is 0 Å². The molecule has 2 nitrogen and oxygen atoms in total. The standard InChI is InChI=1S/C8H7F3N2/c1-5-7(8(9,10)11)6(4-12)2-3-13-5/h2-3,5,13H,1H3. The quantitative estimate of drug-likeness (QED) is 0.629. The maximum Gasteiger partial charge on any atom is 0.415 e. The van der Waals surface area contributed by atoms with Crippen molar-refractivity contribution in [1.29, 1.82) is 5.26 Å². The number of nitriles is 1. The molecule has 1 rings (SSSR count). The van der Waals surface area contributed by atoms with E-state index in [4.69, 9.17) is 5.26 Å². The van der Waals surface area contributed by atoms with Crippen molar-refractivity contribution in [3.8, 4) is 6.07 Å². The molecule has 1 heterocycles. The second kappa shape index (κ2) is 3.13. The summed E-state index contributed by atoms with van der Waals surface area (Å²) in [7, 11) is 0. The van der Waals surface area contributed by atoms with Crippen LogP contribution < -0.4 is 5.32 Å². The van der Waals surface area contributed by atoms with Crippen LogP contribution in [0.2, 0.25) is 0 Å². The van der Waals surface area contributed by atoms with Gasteiger partial charge in [0.05, 0.1) is 23.3 Å². The molecule has 0 aromatic carbocycles. The maximum absolute atomic E-state index is 12.3. The monoisotopic (exact) mass is 188 g/mol. The third kappa shape index (κ3) is 1.83. The normalized spacial score (nSPS) is 22.5. The lowest BCUT2D eigenvalue weighted by Crippen LogP contribution is -2.34. The van der Waals surface area contributed by atoms with Crippen LogP contribution in [0.3, 0.4) is 0 Å². The molecule has 0 spiro atoms. The van der Waals surface area contributed by atoms with Crippen molar-refractivity contribution in [3.05, 3.63) is 23.4 Å². The van der Waals surface area contributed by atoms with Crippen LogP contribution in [-0.4, -0.2) is 12.2 Å². The molecule has 0 aromatic rings. The largest absolute Gasteiger partial charge is 0.415 e. The smallest absolute Gasteiger partial charge is 0.384 e. The van der Waals surface area contributed by atoms with Crippen LogP contribution in [0.1, 0.15) is 6.92 Å². The van der Waals surface area contributed by atoms with Crippen LogP contribution in [-0.2, 0) is 0 Å². The summed E-state index contributed by atoms with van der Waals surface area (Å²) in [5.74, 6) is 0. The highest BCUT2D eigenvalue weighted by molar-refractivity contribution is 5.44. The first kappa shape index (κ1) is 9.65. The Morgan fingerprint density at radius 2 is 2.15 bits per heavy atom. The van der Waals surface area contributed by atoms with Crippen LogP contribution in [0, 0.1) is 11.3 Å². The van der Waals surface area contributed by atoms with Gasteiger partial charge in [0.15, 0.2) is 0 Å². The first-order chi connectivity index (χ1) is 5.96. The van der Waals surface area contributed by atoms with Gasteiger partial charge in [-0.25, -0.2) is 0 Å². The van der Waals surface area contributed by atoms with E-state index in [1.165, 1.54) is 19.2 Å². The number of dihydropyridines is 1.